The topological polar surface area (TPSA) is 51.0 Å². The normalized spacial score (nSPS) is 24.6. The van der Waals surface area contributed by atoms with Gasteiger partial charge in [0.1, 0.15) is 0 Å². The number of aryl methyl sites for hydroxylation is 1. The van der Waals surface area contributed by atoms with Gasteiger partial charge in [0.15, 0.2) is 5.82 Å². The summed E-state index contributed by atoms with van der Waals surface area (Å²) in [6.45, 7) is 1.85. The van der Waals surface area contributed by atoms with Crippen LogP contribution in [0.3, 0.4) is 0 Å². The highest BCUT2D eigenvalue weighted by atomic mass is 16.5. The zero-order valence-corrected chi connectivity index (χ0v) is 9.12. The lowest BCUT2D eigenvalue weighted by Crippen LogP contribution is -2.55. The molecule has 3 rings (SSSR count). The summed E-state index contributed by atoms with van der Waals surface area (Å²) in [4.78, 5) is 4.38. The molecule has 1 aromatic heterocycles. The predicted molar refractivity (Wildman–Crippen MR) is 55.3 cm³/mol. The van der Waals surface area contributed by atoms with E-state index in [0.29, 0.717) is 11.9 Å². The summed E-state index contributed by atoms with van der Waals surface area (Å²) in [6, 6.07) is 0.684. The van der Waals surface area contributed by atoms with Gasteiger partial charge in [0.2, 0.25) is 5.89 Å². The second-order valence-electron chi connectivity index (χ2n) is 4.84. The summed E-state index contributed by atoms with van der Waals surface area (Å²) in [5.74, 6) is 1.55. The van der Waals surface area contributed by atoms with Crippen LogP contribution in [0.4, 0.5) is 0 Å². The highest BCUT2D eigenvalue weighted by Crippen LogP contribution is 2.41. The van der Waals surface area contributed by atoms with Gasteiger partial charge in [0, 0.05) is 13.0 Å². The van der Waals surface area contributed by atoms with Crippen molar-refractivity contribution in [1.29, 1.82) is 0 Å². The van der Waals surface area contributed by atoms with E-state index >= 15 is 0 Å². The summed E-state index contributed by atoms with van der Waals surface area (Å²) in [7, 11) is 0. The van der Waals surface area contributed by atoms with Crippen LogP contribution in [0, 0.1) is 6.92 Å². The molecule has 4 heteroatoms. The smallest absolute Gasteiger partial charge is 0.223 e. The van der Waals surface area contributed by atoms with Crippen LogP contribution in [0.25, 0.3) is 0 Å². The van der Waals surface area contributed by atoms with Gasteiger partial charge in [0.25, 0.3) is 0 Å². The Morgan fingerprint density at radius 2 is 2.13 bits per heavy atom. The van der Waals surface area contributed by atoms with Gasteiger partial charge in [-0.05, 0) is 32.1 Å². The zero-order chi connectivity index (χ0) is 10.3. The van der Waals surface area contributed by atoms with Crippen LogP contribution >= 0.6 is 0 Å². The lowest BCUT2D eigenvalue weighted by atomic mass is 9.74. The van der Waals surface area contributed by atoms with Crippen LogP contribution in [0.1, 0.15) is 50.2 Å². The van der Waals surface area contributed by atoms with Crippen LogP contribution in [0.15, 0.2) is 4.52 Å². The number of rotatable bonds is 3. The van der Waals surface area contributed by atoms with E-state index in [1.807, 2.05) is 6.92 Å². The fraction of sp³-hybridized carbons (Fsp3) is 0.818. The third-order valence-corrected chi connectivity index (χ3v) is 3.75. The first-order valence-corrected chi connectivity index (χ1v) is 5.87. The maximum absolute atomic E-state index is 5.08. The van der Waals surface area contributed by atoms with Crippen molar-refractivity contribution in [3.05, 3.63) is 11.7 Å². The fourth-order valence-electron chi connectivity index (χ4n) is 2.40. The highest BCUT2D eigenvalue weighted by molar-refractivity contribution is 5.11. The van der Waals surface area contributed by atoms with Gasteiger partial charge in [-0.25, -0.2) is 0 Å². The SMILES string of the molecule is Cc1nc(C2(NC3CCC3)CCC2)no1. The van der Waals surface area contributed by atoms with E-state index in [1.165, 1.54) is 25.7 Å². The van der Waals surface area contributed by atoms with Gasteiger partial charge in [0.05, 0.1) is 5.54 Å². The average Bonchev–Trinajstić information content (AvgIpc) is 2.47. The van der Waals surface area contributed by atoms with E-state index in [-0.39, 0.29) is 5.54 Å². The van der Waals surface area contributed by atoms with E-state index in [4.69, 9.17) is 4.52 Å². The molecule has 0 saturated heterocycles. The molecule has 0 atom stereocenters. The second kappa shape index (κ2) is 3.30. The molecule has 2 saturated carbocycles. The Morgan fingerprint density at radius 3 is 2.53 bits per heavy atom. The first kappa shape index (κ1) is 9.33. The Hall–Kier alpha value is -0.900. The lowest BCUT2D eigenvalue weighted by Gasteiger charge is -2.45. The number of hydrogen-bond donors (Lipinski definition) is 1. The van der Waals surface area contributed by atoms with Crippen LogP contribution in [0.5, 0.6) is 0 Å². The van der Waals surface area contributed by atoms with Crippen molar-refractivity contribution in [3.8, 4) is 0 Å². The van der Waals surface area contributed by atoms with Gasteiger partial charge < -0.3 is 9.84 Å². The van der Waals surface area contributed by atoms with Crippen molar-refractivity contribution in [2.24, 2.45) is 0 Å². The van der Waals surface area contributed by atoms with E-state index < -0.39 is 0 Å². The van der Waals surface area contributed by atoms with Crippen LogP contribution in [-0.2, 0) is 5.54 Å². The number of nitrogens with one attached hydrogen (secondary N) is 1. The molecule has 0 aliphatic heterocycles. The number of nitrogens with zero attached hydrogens (tertiary/aromatic N) is 2. The zero-order valence-electron chi connectivity index (χ0n) is 9.12. The molecule has 0 amide bonds. The molecule has 0 bridgehead atoms. The molecule has 2 fully saturated rings. The summed E-state index contributed by atoms with van der Waals surface area (Å²) >= 11 is 0. The third kappa shape index (κ3) is 1.47. The first-order chi connectivity index (χ1) is 7.28. The van der Waals surface area contributed by atoms with Gasteiger partial charge >= 0.3 is 0 Å². The van der Waals surface area contributed by atoms with Crippen molar-refractivity contribution < 1.29 is 4.52 Å². The van der Waals surface area contributed by atoms with Gasteiger partial charge in [-0.3, -0.25) is 0 Å². The van der Waals surface area contributed by atoms with Gasteiger partial charge in [-0.1, -0.05) is 11.6 Å². The van der Waals surface area contributed by atoms with E-state index in [9.17, 15) is 0 Å². The van der Waals surface area contributed by atoms with E-state index in [2.05, 4.69) is 15.5 Å². The van der Waals surface area contributed by atoms with Crippen molar-refractivity contribution >= 4 is 0 Å². The molecule has 0 aromatic carbocycles. The quantitative estimate of drug-likeness (QED) is 0.822. The average molecular weight is 207 g/mol. The largest absolute Gasteiger partial charge is 0.340 e. The maximum Gasteiger partial charge on any atom is 0.223 e. The maximum atomic E-state index is 5.08. The van der Waals surface area contributed by atoms with Gasteiger partial charge in [-0.2, -0.15) is 4.98 Å². The minimum Gasteiger partial charge on any atom is -0.340 e. The van der Waals surface area contributed by atoms with Crippen LogP contribution in [0.2, 0.25) is 0 Å². The van der Waals surface area contributed by atoms with Crippen molar-refractivity contribution in [1.82, 2.24) is 15.5 Å². The Morgan fingerprint density at radius 1 is 1.33 bits per heavy atom. The monoisotopic (exact) mass is 207 g/mol. The highest BCUT2D eigenvalue weighted by Gasteiger charge is 2.44. The molecule has 1 N–H and O–H groups in total. The molecule has 0 radical (unpaired) electrons. The standard InChI is InChI=1S/C11H17N3O/c1-8-12-10(14-15-8)11(6-3-7-11)13-9-4-2-5-9/h9,13H,2-7H2,1H3. The minimum atomic E-state index is 0.0445. The lowest BCUT2D eigenvalue weighted by molar-refractivity contribution is 0.121. The molecule has 4 nitrogen and oxygen atoms in total. The van der Waals surface area contributed by atoms with Gasteiger partial charge in [-0.15, -0.1) is 0 Å². The molecule has 2 aliphatic carbocycles. The molecular formula is C11H17N3O. The van der Waals surface area contributed by atoms with E-state index in [0.717, 1.165) is 18.7 Å². The molecule has 1 aromatic rings. The second-order valence-corrected chi connectivity index (χ2v) is 4.84. The summed E-state index contributed by atoms with van der Waals surface area (Å²) in [6.07, 6.45) is 7.55. The Kier molecular flexibility index (Phi) is 2.06. The third-order valence-electron chi connectivity index (χ3n) is 3.75. The first-order valence-electron chi connectivity index (χ1n) is 5.87. The molecule has 15 heavy (non-hydrogen) atoms. The fourth-order valence-corrected chi connectivity index (χ4v) is 2.40. The van der Waals surface area contributed by atoms with Crippen molar-refractivity contribution in [2.45, 2.75) is 57.0 Å². The minimum absolute atomic E-state index is 0.0445. The van der Waals surface area contributed by atoms with Crippen LogP contribution in [-0.4, -0.2) is 16.2 Å². The Bertz CT molecular complexity index is 352. The predicted octanol–water partition coefficient (Wildman–Crippen LogP) is 1.90. The number of aromatic nitrogens is 2. The molecular weight excluding hydrogens is 190 g/mol. The molecule has 2 aliphatic rings. The summed E-state index contributed by atoms with van der Waals surface area (Å²) < 4.78 is 5.08. The summed E-state index contributed by atoms with van der Waals surface area (Å²) in [5, 5.41) is 7.78. The van der Waals surface area contributed by atoms with E-state index in [1.54, 1.807) is 0 Å². The molecule has 0 unspecified atom stereocenters. The Labute approximate surface area is 89.4 Å². The van der Waals surface area contributed by atoms with Crippen molar-refractivity contribution in [3.63, 3.8) is 0 Å². The molecule has 1 heterocycles. The number of hydrogen-bond acceptors (Lipinski definition) is 4. The van der Waals surface area contributed by atoms with Crippen molar-refractivity contribution in [2.75, 3.05) is 0 Å². The molecule has 82 valence electrons. The Balaban J connectivity index is 1.79. The molecule has 0 spiro atoms. The van der Waals surface area contributed by atoms with Crippen LogP contribution < -0.4 is 5.32 Å². The summed E-state index contributed by atoms with van der Waals surface area (Å²) in [5.41, 5.74) is 0.0445.